The van der Waals surface area contributed by atoms with Gasteiger partial charge >= 0.3 is 0 Å². The molecule has 17 heavy (non-hydrogen) atoms. The molecule has 0 radical (unpaired) electrons. The third-order valence-corrected chi connectivity index (χ3v) is 2.50. The minimum absolute atomic E-state index is 0.102. The van der Waals surface area contributed by atoms with Crippen LogP contribution in [0.1, 0.15) is 5.56 Å². The second-order valence-corrected chi connectivity index (χ2v) is 3.53. The largest absolute Gasteiger partial charge is 0.493 e. The van der Waals surface area contributed by atoms with Crippen molar-refractivity contribution in [3.63, 3.8) is 0 Å². The first kappa shape index (κ1) is 11.9. The summed E-state index contributed by atoms with van der Waals surface area (Å²) in [6.07, 6.45) is 0.438. The molecule has 1 aliphatic heterocycles. The highest BCUT2D eigenvalue weighted by Crippen LogP contribution is 2.40. The van der Waals surface area contributed by atoms with E-state index in [1.54, 1.807) is 6.07 Å². The number of benzene rings is 1. The predicted molar refractivity (Wildman–Crippen MR) is 57.8 cm³/mol. The summed E-state index contributed by atoms with van der Waals surface area (Å²) >= 11 is 0. The van der Waals surface area contributed by atoms with Gasteiger partial charge in [0.25, 0.3) is 0 Å². The fourth-order valence-corrected chi connectivity index (χ4v) is 1.75. The summed E-state index contributed by atoms with van der Waals surface area (Å²) < 4.78 is 29.6. The Kier molecular flexibility index (Phi) is 3.65. The number of hydrogen-bond donors (Lipinski definition) is 1. The number of fused-ring (bicyclic) bond motifs is 1. The van der Waals surface area contributed by atoms with Crippen LogP contribution in [0.4, 0.5) is 4.39 Å². The van der Waals surface area contributed by atoms with E-state index in [9.17, 15) is 4.39 Å². The van der Waals surface area contributed by atoms with Crippen LogP contribution < -0.4 is 20.1 Å². The fourth-order valence-electron chi connectivity index (χ4n) is 1.75. The Morgan fingerprint density at radius 2 is 2.18 bits per heavy atom. The van der Waals surface area contributed by atoms with Crippen LogP contribution in [-0.2, 0) is 11.3 Å². The van der Waals surface area contributed by atoms with Crippen molar-refractivity contribution in [3.8, 4) is 17.2 Å². The summed E-state index contributed by atoms with van der Waals surface area (Å²) in [5.41, 5.74) is 0.639. The monoisotopic (exact) mass is 243 g/mol. The number of nitrogens with two attached hydrogens (primary N) is 1. The zero-order valence-electron chi connectivity index (χ0n) is 9.49. The molecule has 2 N–H and O–H groups in total. The molecule has 1 aromatic rings. The Morgan fingerprint density at radius 3 is 2.88 bits per heavy atom. The summed E-state index contributed by atoms with van der Waals surface area (Å²) in [5, 5.41) is 0. The van der Waals surface area contributed by atoms with Gasteiger partial charge in [0, 0.05) is 12.0 Å². The topological polar surface area (TPSA) is 62.9 Å². The van der Waals surface area contributed by atoms with E-state index in [0.29, 0.717) is 30.9 Å². The molecule has 1 heterocycles. The highest BCUT2D eigenvalue weighted by Gasteiger charge is 2.23. The van der Waals surface area contributed by atoms with Crippen molar-refractivity contribution in [2.75, 3.05) is 26.9 Å². The lowest BCUT2D eigenvalue weighted by Gasteiger charge is -2.21. The van der Waals surface area contributed by atoms with E-state index in [1.165, 1.54) is 7.11 Å². The van der Waals surface area contributed by atoms with E-state index in [1.807, 2.05) is 0 Å². The molecular formula is C11H14FNO4. The third kappa shape index (κ3) is 2.27. The second-order valence-electron chi connectivity index (χ2n) is 3.53. The van der Waals surface area contributed by atoms with E-state index in [0.717, 1.165) is 0 Å². The van der Waals surface area contributed by atoms with Gasteiger partial charge in [-0.3, -0.25) is 0 Å². The molecule has 6 heteroatoms. The third-order valence-electron chi connectivity index (χ3n) is 2.50. The summed E-state index contributed by atoms with van der Waals surface area (Å²) in [5.74, 6) is 5.05. The molecule has 0 unspecified atom stereocenters. The van der Waals surface area contributed by atoms with Crippen LogP contribution in [0, 0.1) is 5.82 Å². The average molecular weight is 243 g/mol. The van der Waals surface area contributed by atoms with Crippen LogP contribution in [0.3, 0.4) is 0 Å². The van der Waals surface area contributed by atoms with Crippen molar-refractivity contribution in [2.24, 2.45) is 5.90 Å². The minimum Gasteiger partial charge on any atom is -0.493 e. The summed E-state index contributed by atoms with van der Waals surface area (Å²) in [6, 6.07) is 1.69. The number of ether oxygens (including phenoxy) is 3. The lowest BCUT2D eigenvalue weighted by Crippen LogP contribution is -2.17. The molecule has 2 rings (SSSR count). The van der Waals surface area contributed by atoms with Gasteiger partial charge < -0.3 is 19.0 Å². The van der Waals surface area contributed by atoms with Crippen LogP contribution in [0.2, 0.25) is 0 Å². The van der Waals surface area contributed by atoms with Crippen molar-refractivity contribution in [2.45, 2.75) is 6.42 Å². The van der Waals surface area contributed by atoms with Crippen molar-refractivity contribution in [1.82, 2.24) is 0 Å². The maximum Gasteiger partial charge on any atom is 0.210 e. The van der Waals surface area contributed by atoms with Gasteiger partial charge in [0.2, 0.25) is 11.6 Å². The molecular weight excluding hydrogens is 229 g/mol. The molecule has 0 bridgehead atoms. The molecule has 0 aromatic heterocycles. The zero-order chi connectivity index (χ0) is 12.3. The Hall–Kier alpha value is -1.53. The maximum atomic E-state index is 14.0. The first-order valence-corrected chi connectivity index (χ1v) is 5.24. The quantitative estimate of drug-likeness (QED) is 0.800. The first-order valence-electron chi connectivity index (χ1n) is 5.24. The lowest BCUT2D eigenvalue weighted by molar-refractivity contribution is 0.139. The van der Waals surface area contributed by atoms with Gasteiger partial charge in [-0.25, -0.2) is 5.90 Å². The van der Waals surface area contributed by atoms with Crippen LogP contribution in [0.5, 0.6) is 17.2 Å². The molecule has 0 aliphatic carbocycles. The molecule has 0 fully saturated rings. The molecule has 0 atom stereocenters. The van der Waals surface area contributed by atoms with Gasteiger partial charge in [-0.05, 0) is 6.07 Å². The van der Waals surface area contributed by atoms with Crippen molar-refractivity contribution < 1.29 is 23.4 Å². The Balaban J connectivity index is 2.40. The number of halogens is 1. The van der Waals surface area contributed by atoms with Crippen molar-refractivity contribution in [3.05, 3.63) is 17.4 Å². The summed E-state index contributed by atoms with van der Waals surface area (Å²) in [4.78, 5) is 4.48. The van der Waals surface area contributed by atoms with E-state index in [4.69, 9.17) is 20.1 Å². The standard InChI is InChI=1S/C11H14FNO4/c1-14-10-7(2-3-17-13)6-8-11(9(10)12)16-5-4-15-8/h6H,2-5,13H2,1H3. The van der Waals surface area contributed by atoms with E-state index < -0.39 is 5.82 Å². The smallest absolute Gasteiger partial charge is 0.210 e. The van der Waals surface area contributed by atoms with Gasteiger partial charge in [0.15, 0.2) is 11.5 Å². The summed E-state index contributed by atoms with van der Waals surface area (Å²) in [7, 11) is 1.40. The minimum atomic E-state index is -0.545. The Morgan fingerprint density at radius 1 is 1.41 bits per heavy atom. The number of methoxy groups -OCH3 is 1. The second kappa shape index (κ2) is 5.20. The van der Waals surface area contributed by atoms with Gasteiger partial charge in [-0.15, -0.1) is 0 Å². The van der Waals surface area contributed by atoms with Gasteiger partial charge in [0.1, 0.15) is 13.2 Å². The molecule has 0 spiro atoms. The molecule has 1 aromatic carbocycles. The van der Waals surface area contributed by atoms with Crippen LogP contribution in [-0.4, -0.2) is 26.9 Å². The molecule has 5 nitrogen and oxygen atoms in total. The first-order chi connectivity index (χ1) is 8.27. The van der Waals surface area contributed by atoms with E-state index in [2.05, 4.69) is 4.84 Å². The Labute approximate surface area is 98.2 Å². The highest BCUT2D eigenvalue weighted by molar-refractivity contribution is 5.53. The van der Waals surface area contributed by atoms with Crippen LogP contribution in [0.15, 0.2) is 6.07 Å². The summed E-state index contributed by atoms with van der Waals surface area (Å²) in [6.45, 7) is 1.01. The van der Waals surface area contributed by atoms with E-state index >= 15 is 0 Å². The normalized spacial score (nSPS) is 13.6. The molecule has 1 aliphatic rings. The van der Waals surface area contributed by atoms with Crippen molar-refractivity contribution >= 4 is 0 Å². The van der Waals surface area contributed by atoms with Gasteiger partial charge in [-0.1, -0.05) is 0 Å². The number of hydrogen-bond acceptors (Lipinski definition) is 5. The molecule has 0 saturated carbocycles. The SMILES string of the molecule is COc1c(CCON)cc2c(c1F)OCCO2. The fraction of sp³-hybridized carbons (Fsp3) is 0.455. The predicted octanol–water partition coefficient (Wildman–Crippen LogP) is 1.04. The molecule has 0 amide bonds. The molecule has 0 saturated heterocycles. The lowest BCUT2D eigenvalue weighted by atomic mass is 10.1. The highest BCUT2D eigenvalue weighted by atomic mass is 19.1. The Bertz CT molecular complexity index is 411. The van der Waals surface area contributed by atoms with Crippen LogP contribution >= 0.6 is 0 Å². The average Bonchev–Trinajstić information content (AvgIpc) is 2.36. The van der Waals surface area contributed by atoms with Crippen molar-refractivity contribution in [1.29, 1.82) is 0 Å². The molecule has 94 valence electrons. The maximum absolute atomic E-state index is 14.0. The van der Waals surface area contributed by atoms with Crippen LogP contribution in [0.25, 0.3) is 0 Å². The van der Waals surface area contributed by atoms with Gasteiger partial charge in [-0.2, -0.15) is 4.39 Å². The van der Waals surface area contributed by atoms with Gasteiger partial charge in [0.05, 0.1) is 13.7 Å². The van der Waals surface area contributed by atoms with E-state index in [-0.39, 0.29) is 18.1 Å². The number of rotatable bonds is 4. The zero-order valence-corrected chi connectivity index (χ0v) is 9.49.